The smallest absolute Gasteiger partial charge is 0.337 e. The second kappa shape index (κ2) is 7.44. The Morgan fingerprint density at radius 1 is 1.22 bits per heavy atom. The molecule has 1 aromatic heterocycles. The summed E-state index contributed by atoms with van der Waals surface area (Å²) in [6.45, 7) is 6.03. The Labute approximate surface area is 161 Å². The predicted molar refractivity (Wildman–Crippen MR) is 105 cm³/mol. The number of methoxy groups -OCH3 is 1. The number of amides is 2. The summed E-state index contributed by atoms with van der Waals surface area (Å²) in [5.41, 5.74) is 4.02. The van der Waals surface area contributed by atoms with Gasteiger partial charge in [-0.15, -0.1) is 0 Å². The number of imide groups is 1. The average Bonchev–Trinajstić information content (AvgIpc) is 3.09. The summed E-state index contributed by atoms with van der Waals surface area (Å²) in [7, 11) is 1.35. The SMILES string of the molecule is CCN1C(=O)S/C(=C/c2cc(C)n(-c3cccc(C(=O)OC)c3)c2C)C1=O. The first-order valence-corrected chi connectivity index (χ1v) is 9.32. The van der Waals surface area contributed by atoms with E-state index in [2.05, 4.69) is 0 Å². The van der Waals surface area contributed by atoms with Crippen LogP contribution in [0.3, 0.4) is 0 Å². The number of likely N-dealkylation sites (N-methyl/N-ethyl adjacent to an activating group) is 1. The van der Waals surface area contributed by atoms with E-state index in [1.54, 1.807) is 31.2 Å². The van der Waals surface area contributed by atoms with Crippen molar-refractivity contribution in [3.63, 3.8) is 0 Å². The number of nitrogens with zero attached hydrogens (tertiary/aromatic N) is 2. The molecule has 140 valence electrons. The molecule has 1 saturated heterocycles. The number of carbonyl (C=O) groups excluding carboxylic acids is 3. The molecule has 1 aliphatic rings. The Balaban J connectivity index is 2.02. The van der Waals surface area contributed by atoms with Gasteiger partial charge in [-0.2, -0.15) is 0 Å². The maximum absolute atomic E-state index is 12.3. The molecule has 1 fully saturated rings. The van der Waals surface area contributed by atoms with E-state index in [1.807, 2.05) is 30.5 Å². The molecule has 0 unspecified atom stereocenters. The zero-order chi connectivity index (χ0) is 19.7. The quantitative estimate of drug-likeness (QED) is 0.590. The van der Waals surface area contributed by atoms with Crippen LogP contribution < -0.4 is 0 Å². The van der Waals surface area contributed by atoms with Crippen LogP contribution in [0.15, 0.2) is 35.2 Å². The number of aromatic nitrogens is 1. The van der Waals surface area contributed by atoms with Crippen molar-refractivity contribution in [1.82, 2.24) is 9.47 Å². The minimum Gasteiger partial charge on any atom is -0.465 e. The number of esters is 1. The van der Waals surface area contributed by atoms with Crippen molar-refractivity contribution in [2.45, 2.75) is 20.8 Å². The molecule has 0 atom stereocenters. The van der Waals surface area contributed by atoms with E-state index in [0.29, 0.717) is 17.0 Å². The lowest BCUT2D eigenvalue weighted by Crippen LogP contribution is -2.27. The third-order valence-corrected chi connectivity index (χ3v) is 5.38. The van der Waals surface area contributed by atoms with Gasteiger partial charge in [0.1, 0.15) is 0 Å². The number of thioether (sulfide) groups is 1. The van der Waals surface area contributed by atoms with Crippen LogP contribution in [-0.4, -0.2) is 40.2 Å². The molecule has 6 nitrogen and oxygen atoms in total. The lowest BCUT2D eigenvalue weighted by molar-refractivity contribution is -0.122. The van der Waals surface area contributed by atoms with Gasteiger partial charge in [-0.25, -0.2) is 4.79 Å². The summed E-state index contributed by atoms with van der Waals surface area (Å²) in [5, 5.41) is -0.242. The number of ether oxygens (including phenoxy) is 1. The van der Waals surface area contributed by atoms with Crippen molar-refractivity contribution in [3.8, 4) is 5.69 Å². The van der Waals surface area contributed by atoms with Crippen molar-refractivity contribution < 1.29 is 19.1 Å². The molecular weight excluding hydrogens is 364 g/mol. The van der Waals surface area contributed by atoms with Crippen LogP contribution in [0.4, 0.5) is 4.79 Å². The standard InChI is InChI=1S/C20H20N2O4S/c1-5-21-18(23)17(27-20(21)25)11-15-9-12(2)22(13(15)3)16-8-6-7-14(10-16)19(24)26-4/h6-11H,5H2,1-4H3/b17-11+. The molecule has 2 aromatic rings. The molecular formula is C20H20N2O4S. The fraction of sp³-hybridized carbons (Fsp3) is 0.250. The van der Waals surface area contributed by atoms with E-state index in [-0.39, 0.29) is 11.1 Å². The van der Waals surface area contributed by atoms with Crippen molar-refractivity contribution in [2.75, 3.05) is 13.7 Å². The lowest BCUT2D eigenvalue weighted by atomic mass is 10.2. The second-order valence-electron chi connectivity index (χ2n) is 6.13. The molecule has 3 rings (SSSR count). The molecule has 0 spiro atoms. The Morgan fingerprint density at radius 3 is 2.59 bits per heavy atom. The van der Waals surface area contributed by atoms with E-state index < -0.39 is 5.97 Å². The van der Waals surface area contributed by atoms with Gasteiger partial charge in [0.25, 0.3) is 11.1 Å². The molecule has 0 bridgehead atoms. The number of benzene rings is 1. The second-order valence-corrected chi connectivity index (χ2v) is 7.12. The molecule has 0 N–H and O–H groups in total. The fourth-order valence-corrected chi connectivity index (χ4v) is 4.03. The summed E-state index contributed by atoms with van der Waals surface area (Å²) in [5.74, 6) is -0.655. The Bertz CT molecular complexity index is 974. The largest absolute Gasteiger partial charge is 0.465 e. The van der Waals surface area contributed by atoms with Crippen LogP contribution in [0.25, 0.3) is 11.8 Å². The highest BCUT2D eigenvalue weighted by atomic mass is 32.2. The Morgan fingerprint density at radius 2 is 1.96 bits per heavy atom. The summed E-state index contributed by atoms with van der Waals surface area (Å²) in [6, 6.07) is 9.12. The van der Waals surface area contributed by atoms with Crippen LogP contribution >= 0.6 is 11.8 Å². The van der Waals surface area contributed by atoms with Gasteiger partial charge in [0.05, 0.1) is 17.6 Å². The number of hydrogen-bond donors (Lipinski definition) is 0. The van der Waals surface area contributed by atoms with Gasteiger partial charge in [-0.1, -0.05) is 6.07 Å². The third-order valence-electron chi connectivity index (χ3n) is 4.47. The highest BCUT2D eigenvalue weighted by Crippen LogP contribution is 2.33. The van der Waals surface area contributed by atoms with E-state index in [4.69, 9.17) is 4.74 Å². The topological polar surface area (TPSA) is 68.6 Å². The molecule has 0 aliphatic carbocycles. The Kier molecular flexibility index (Phi) is 5.23. The monoisotopic (exact) mass is 384 g/mol. The molecule has 1 aliphatic heterocycles. The van der Waals surface area contributed by atoms with Gasteiger partial charge in [-0.05, 0) is 68.4 Å². The highest BCUT2D eigenvalue weighted by Gasteiger charge is 2.33. The van der Waals surface area contributed by atoms with Crippen LogP contribution in [0.5, 0.6) is 0 Å². The molecule has 0 radical (unpaired) electrons. The maximum atomic E-state index is 12.3. The van der Waals surface area contributed by atoms with E-state index in [0.717, 1.165) is 34.4 Å². The first-order chi connectivity index (χ1) is 12.9. The van der Waals surface area contributed by atoms with Crippen molar-refractivity contribution in [1.29, 1.82) is 0 Å². The minimum atomic E-state index is -0.396. The summed E-state index contributed by atoms with van der Waals surface area (Å²) in [4.78, 5) is 37.7. The number of rotatable bonds is 4. The molecule has 1 aromatic carbocycles. The first-order valence-electron chi connectivity index (χ1n) is 8.50. The molecule has 0 saturated carbocycles. The predicted octanol–water partition coefficient (Wildman–Crippen LogP) is 3.94. The summed E-state index contributed by atoms with van der Waals surface area (Å²) >= 11 is 0.958. The minimum absolute atomic E-state index is 0.242. The number of aryl methyl sites for hydroxylation is 1. The molecule has 2 amide bonds. The van der Waals surface area contributed by atoms with Gasteiger partial charge in [-0.3, -0.25) is 14.5 Å². The molecule has 27 heavy (non-hydrogen) atoms. The summed E-state index contributed by atoms with van der Waals surface area (Å²) < 4.78 is 6.79. The van der Waals surface area contributed by atoms with Crippen LogP contribution in [-0.2, 0) is 9.53 Å². The van der Waals surface area contributed by atoms with E-state index in [1.165, 1.54) is 12.0 Å². The lowest BCUT2D eigenvalue weighted by Gasteiger charge is -2.11. The normalized spacial score (nSPS) is 15.7. The van der Waals surface area contributed by atoms with Gasteiger partial charge < -0.3 is 9.30 Å². The van der Waals surface area contributed by atoms with Gasteiger partial charge in [0, 0.05) is 23.6 Å². The van der Waals surface area contributed by atoms with Gasteiger partial charge in [0.15, 0.2) is 0 Å². The van der Waals surface area contributed by atoms with Crippen LogP contribution in [0, 0.1) is 13.8 Å². The molecule has 7 heteroatoms. The van der Waals surface area contributed by atoms with E-state index in [9.17, 15) is 14.4 Å². The van der Waals surface area contributed by atoms with Gasteiger partial charge in [0.2, 0.25) is 0 Å². The average molecular weight is 384 g/mol. The zero-order valence-electron chi connectivity index (χ0n) is 15.6. The van der Waals surface area contributed by atoms with Crippen molar-refractivity contribution in [3.05, 3.63) is 57.8 Å². The molecule has 2 heterocycles. The van der Waals surface area contributed by atoms with Crippen LogP contribution in [0.2, 0.25) is 0 Å². The number of carbonyl (C=O) groups is 3. The fourth-order valence-electron chi connectivity index (χ4n) is 3.13. The highest BCUT2D eigenvalue weighted by molar-refractivity contribution is 8.18. The zero-order valence-corrected chi connectivity index (χ0v) is 16.4. The maximum Gasteiger partial charge on any atom is 0.337 e. The number of hydrogen-bond acceptors (Lipinski definition) is 5. The van der Waals surface area contributed by atoms with Crippen LogP contribution in [0.1, 0.15) is 34.2 Å². The van der Waals surface area contributed by atoms with E-state index >= 15 is 0 Å². The van der Waals surface area contributed by atoms with Crippen molar-refractivity contribution >= 4 is 35.0 Å². The van der Waals surface area contributed by atoms with Crippen molar-refractivity contribution in [2.24, 2.45) is 0 Å². The van der Waals surface area contributed by atoms with Gasteiger partial charge >= 0.3 is 5.97 Å². The first kappa shape index (κ1) is 19.0. The Hall–Kier alpha value is -2.80. The summed E-state index contributed by atoms with van der Waals surface area (Å²) in [6.07, 6.45) is 1.75. The third kappa shape index (κ3) is 3.42.